The second kappa shape index (κ2) is 6.81. The van der Waals surface area contributed by atoms with Crippen molar-refractivity contribution in [2.45, 2.75) is 50.8 Å². The van der Waals surface area contributed by atoms with Crippen LogP contribution in [-0.4, -0.2) is 23.2 Å². The molecular formula is C15H21FN2O2. The van der Waals surface area contributed by atoms with Gasteiger partial charge in [-0.15, -0.1) is 0 Å². The molecule has 2 unspecified atom stereocenters. The fourth-order valence-electron chi connectivity index (χ4n) is 2.61. The van der Waals surface area contributed by atoms with E-state index in [1.165, 1.54) is 6.07 Å². The van der Waals surface area contributed by atoms with Crippen LogP contribution in [0, 0.1) is 5.82 Å². The Morgan fingerprint density at radius 2 is 2.10 bits per heavy atom. The first-order chi connectivity index (χ1) is 9.58. The highest BCUT2D eigenvalue weighted by atomic mass is 19.1. The van der Waals surface area contributed by atoms with Gasteiger partial charge < -0.3 is 16.2 Å². The van der Waals surface area contributed by atoms with E-state index >= 15 is 0 Å². The number of rotatable bonds is 4. The second-order valence-corrected chi connectivity index (χ2v) is 5.36. The molecule has 4 N–H and O–H groups in total. The molecule has 5 heteroatoms. The van der Waals surface area contributed by atoms with Crippen molar-refractivity contribution in [1.29, 1.82) is 0 Å². The van der Waals surface area contributed by atoms with Gasteiger partial charge in [0.1, 0.15) is 5.82 Å². The minimum Gasteiger partial charge on any atom is -0.392 e. The average molecular weight is 280 g/mol. The molecule has 4 nitrogen and oxygen atoms in total. The third kappa shape index (κ3) is 3.77. The lowest BCUT2D eigenvalue weighted by molar-refractivity contribution is 0.1000. The molecule has 110 valence electrons. The highest BCUT2D eigenvalue weighted by molar-refractivity contribution is 5.92. The SMILES string of the molecule is NC(=O)c1ccc(CNC2CCCCCC2O)c(F)c1. The monoisotopic (exact) mass is 280 g/mol. The Morgan fingerprint density at radius 3 is 2.80 bits per heavy atom. The van der Waals surface area contributed by atoms with Crippen LogP contribution in [0.2, 0.25) is 0 Å². The van der Waals surface area contributed by atoms with Gasteiger partial charge in [0.15, 0.2) is 0 Å². The Kier molecular flexibility index (Phi) is 5.09. The summed E-state index contributed by atoms with van der Waals surface area (Å²) in [4.78, 5) is 11.0. The molecule has 20 heavy (non-hydrogen) atoms. The number of hydrogen-bond acceptors (Lipinski definition) is 3. The molecule has 1 aliphatic rings. The van der Waals surface area contributed by atoms with E-state index in [1.807, 2.05) is 0 Å². The summed E-state index contributed by atoms with van der Waals surface area (Å²) in [7, 11) is 0. The highest BCUT2D eigenvalue weighted by Crippen LogP contribution is 2.19. The van der Waals surface area contributed by atoms with E-state index in [2.05, 4.69) is 5.32 Å². The molecule has 1 fully saturated rings. The van der Waals surface area contributed by atoms with Crippen LogP contribution in [-0.2, 0) is 6.54 Å². The van der Waals surface area contributed by atoms with Crippen LogP contribution < -0.4 is 11.1 Å². The summed E-state index contributed by atoms with van der Waals surface area (Å²) in [5.41, 5.74) is 5.75. The Balaban J connectivity index is 1.97. The Hall–Kier alpha value is -1.46. The van der Waals surface area contributed by atoms with Crippen molar-refractivity contribution in [1.82, 2.24) is 5.32 Å². The number of hydrogen-bond donors (Lipinski definition) is 3. The van der Waals surface area contributed by atoms with Crippen LogP contribution in [0.3, 0.4) is 0 Å². The number of nitrogens with two attached hydrogens (primary N) is 1. The van der Waals surface area contributed by atoms with Crippen LogP contribution in [0.15, 0.2) is 18.2 Å². The van der Waals surface area contributed by atoms with E-state index in [1.54, 1.807) is 6.07 Å². The van der Waals surface area contributed by atoms with Crippen LogP contribution in [0.25, 0.3) is 0 Å². The number of amides is 1. The maximum Gasteiger partial charge on any atom is 0.248 e. The van der Waals surface area contributed by atoms with Gasteiger partial charge in [-0.2, -0.15) is 0 Å². The Labute approximate surface area is 118 Å². The molecule has 0 radical (unpaired) electrons. The molecule has 0 heterocycles. The summed E-state index contributed by atoms with van der Waals surface area (Å²) in [5, 5.41) is 13.2. The lowest BCUT2D eigenvalue weighted by atomic mass is 10.0. The van der Waals surface area contributed by atoms with Gasteiger partial charge in [-0.25, -0.2) is 4.39 Å². The lowest BCUT2D eigenvalue weighted by Gasteiger charge is -2.22. The van der Waals surface area contributed by atoms with Crippen molar-refractivity contribution >= 4 is 5.91 Å². The molecule has 2 atom stereocenters. The van der Waals surface area contributed by atoms with E-state index in [9.17, 15) is 14.3 Å². The lowest BCUT2D eigenvalue weighted by Crippen LogP contribution is -2.38. The maximum absolute atomic E-state index is 13.8. The molecule has 0 bridgehead atoms. The molecule has 1 aromatic carbocycles. The van der Waals surface area contributed by atoms with Crippen LogP contribution in [0.1, 0.15) is 48.0 Å². The quantitative estimate of drug-likeness (QED) is 0.735. The zero-order valence-electron chi connectivity index (χ0n) is 11.4. The topological polar surface area (TPSA) is 75.4 Å². The van der Waals surface area contributed by atoms with Gasteiger partial charge in [-0.1, -0.05) is 25.3 Å². The minimum absolute atomic E-state index is 0.00715. The van der Waals surface area contributed by atoms with Gasteiger partial charge in [-0.05, 0) is 25.0 Å². The first-order valence-corrected chi connectivity index (χ1v) is 7.07. The predicted octanol–water partition coefficient (Wildman–Crippen LogP) is 1.71. The fraction of sp³-hybridized carbons (Fsp3) is 0.533. The molecule has 1 saturated carbocycles. The van der Waals surface area contributed by atoms with Crippen LogP contribution in [0.4, 0.5) is 4.39 Å². The van der Waals surface area contributed by atoms with E-state index in [0.717, 1.165) is 38.2 Å². The van der Waals surface area contributed by atoms with Gasteiger partial charge in [0.05, 0.1) is 6.10 Å². The van der Waals surface area contributed by atoms with Crippen molar-refractivity contribution < 1.29 is 14.3 Å². The smallest absolute Gasteiger partial charge is 0.248 e. The molecule has 0 saturated heterocycles. The molecule has 0 aromatic heterocycles. The largest absolute Gasteiger partial charge is 0.392 e. The van der Waals surface area contributed by atoms with Crippen molar-refractivity contribution in [3.8, 4) is 0 Å². The summed E-state index contributed by atoms with van der Waals surface area (Å²) in [6.45, 7) is 0.340. The third-order valence-electron chi connectivity index (χ3n) is 3.87. The van der Waals surface area contributed by atoms with E-state index < -0.39 is 11.7 Å². The number of carbonyl (C=O) groups excluding carboxylic acids is 1. The number of aliphatic hydroxyl groups is 1. The van der Waals surface area contributed by atoms with Crippen molar-refractivity contribution in [3.63, 3.8) is 0 Å². The molecule has 1 aliphatic carbocycles. The second-order valence-electron chi connectivity index (χ2n) is 5.36. The first kappa shape index (κ1) is 14.9. The number of primary amides is 1. The normalized spacial score (nSPS) is 23.3. The van der Waals surface area contributed by atoms with Gasteiger partial charge in [-0.3, -0.25) is 4.79 Å². The fourth-order valence-corrected chi connectivity index (χ4v) is 2.61. The average Bonchev–Trinajstić information content (AvgIpc) is 2.62. The standard InChI is InChI=1S/C15H21FN2O2/c16-12-8-10(15(17)20)6-7-11(12)9-18-13-4-2-1-3-5-14(13)19/h6-8,13-14,18-19H,1-5,9H2,(H2,17,20). The van der Waals surface area contributed by atoms with Crippen molar-refractivity contribution in [2.24, 2.45) is 5.73 Å². The van der Waals surface area contributed by atoms with Crippen molar-refractivity contribution in [2.75, 3.05) is 0 Å². The first-order valence-electron chi connectivity index (χ1n) is 7.07. The number of carbonyl (C=O) groups is 1. The number of nitrogens with one attached hydrogen (secondary N) is 1. The van der Waals surface area contributed by atoms with Crippen LogP contribution in [0.5, 0.6) is 0 Å². The Bertz CT molecular complexity index is 479. The molecule has 0 spiro atoms. The molecule has 2 rings (SSSR count). The minimum atomic E-state index is -0.636. The summed E-state index contributed by atoms with van der Waals surface area (Å²) < 4.78 is 13.8. The summed E-state index contributed by atoms with van der Waals surface area (Å²) in [6.07, 6.45) is 4.59. The highest BCUT2D eigenvalue weighted by Gasteiger charge is 2.21. The van der Waals surface area contributed by atoms with Gasteiger partial charge in [0.2, 0.25) is 5.91 Å². The summed E-state index contributed by atoms with van der Waals surface area (Å²) in [6, 6.07) is 4.24. The predicted molar refractivity (Wildman–Crippen MR) is 74.6 cm³/mol. The zero-order chi connectivity index (χ0) is 14.5. The Morgan fingerprint density at radius 1 is 1.35 bits per heavy atom. The number of benzene rings is 1. The number of aliphatic hydroxyl groups excluding tert-OH is 1. The zero-order valence-corrected chi connectivity index (χ0v) is 11.4. The molecular weight excluding hydrogens is 259 g/mol. The van der Waals surface area contributed by atoms with Gasteiger partial charge in [0, 0.05) is 23.7 Å². The summed E-state index contributed by atoms with van der Waals surface area (Å²) in [5.74, 6) is -1.08. The van der Waals surface area contributed by atoms with E-state index in [4.69, 9.17) is 5.73 Å². The third-order valence-corrected chi connectivity index (χ3v) is 3.87. The number of halogens is 1. The van der Waals surface area contributed by atoms with Crippen LogP contribution >= 0.6 is 0 Å². The van der Waals surface area contributed by atoms with E-state index in [0.29, 0.717) is 12.1 Å². The molecule has 0 aliphatic heterocycles. The van der Waals surface area contributed by atoms with Gasteiger partial charge >= 0.3 is 0 Å². The van der Waals surface area contributed by atoms with Crippen molar-refractivity contribution in [3.05, 3.63) is 35.1 Å². The maximum atomic E-state index is 13.8. The molecule has 1 amide bonds. The van der Waals surface area contributed by atoms with Gasteiger partial charge in [0.25, 0.3) is 0 Å². The summed E-state index contributed by atoms with van der Waals surface area (Å²) >= 11 is 0. The van der Waals surface area contributed by atoms with E-state index in [-0.39, 0.29) is 17.7 Å². The molecule has 1 aromatic rings.